The summed E-state index contributed by atoms with van der Waals surface area (Å²) in [6.07, 6.45) is 1.65. The molecule has 0 rings (SSSR count). The number of amides is 1. The molecule has 1 atom stereocenters. The van der Waals surface area contributed by atoms with E-state index in [-0.39, 0.29) is 5.91 Å². The average Bonchev–Trinajstić information content (AvgIpc) is 2.16. The van der Waals surface area contributed by atoms with E-state index in [2.05, 4.69) is 16.6 Å². The molecular weight excluding hydrogens is 216 g/mol. The highest BCUT2D eigenvalue weighted by molar-refractivity contribution is 6.30. The molecule has 0 saturated heterocycles. The summed E-state index contributed by atoms with van der Waals surface area (Å²) in [6, 6.07) is 0. The van der Waals surface area contributed by atoms with E-state index in [4.69, 9.17) is 11.6 Å². The van der Waals surface area contributed by atoms with E-state index >= 15 is 0 Å². The van der Waals surface area contributed by atoms with E-state index in [1.54, 1.807) is 24.8 Å². The number of alkyl halides is 1. The predicted molar refractivity (Wildman–Crippen MR) is 62.2 cm³/mol. The van der Waals surface area contributed by atoms with Crippen molar-refractivity contribution in [2.24, 2.45) is 5.16 Å². The molecule has 0 aromatic rings. The second-order valence-electron chi connectivity index (χ2n) is 3.13. The Morgan fingerprint density at radius 1 is 1.73 bits per heavy atom. The number of nitrogens with zero attached hydrogens (tertiary/aromatic N) is 2. The molecule has 0 aliphatic carbocycles. The molecule has 0 saturated carbocycles. The number of hydrogen-bond acceptors (Lipinski definition) is 3. The number of carbonyl (C=O) groups excluding carboxylic acids is 1. The highest BCUT2D eigenvalue weighted by Gasteiger charge is 2.17. The summed E-state index contributed by atoms with van der Waals surface area (Å²) in [6.45, 7) is 7.86. The maximum atomic E-state index is 11.6. The molecule has 1 amide bonds. The lowest BCUT2D eigenvalue weighted by Crippen LogP contribution is -2.39. The third kappa shape index (κ3) is 5.42. The predicted octanol–water partition coefficient (Wildman–Crippen LogP) is 1.65. The van der Waals surface area contributed by atoms with Gasteiger partial charge in [-0.3, -0.25) is 4.79 Å². The smallest absolute Gasteiger partial charge is 0.240 e. The summed E-state index contributed by atoms with van der Waals surface area (Å²) in [5.41, 5.74) is 0.713. The molecule has 5 heteroatoms. The Kier molecular flexibility index (Phi) is 6.79. The SMILES string of the molecule is C=CCN(CC(C)=NOC)C(=O)C(C)Cl. The zero-order valence-electron chi connectivity index (χ0n) is 9.36. The van der Waals surface area contributed by atoms with Gasteiger partial charge in [-0.2, -0.15) is 0 Å². The van der Waals surface area contributed by atoms with Crippen LogP contribution in [-0.4, -0.2) is 42.1 Å². The lowest BCUT2D eigenvalue weighted by molar-refractivity contribution is -0.129. The first-order valence-corrected chi connectivity index (χ1v) is 5.07. The number of oxime groups is 1. The van der Waals surface area contributed by atoms with Gasteiger partial charge in [0.15, 0.2) is 0 Å². The summed E-state index contributed by atoms with van der Waals surface area (Å²) in [7, 11) is 1.47. The Morgan fingerprint density at radius 3 is 2.73 bits per heavy atom. The second-order valence-corrected chi connectivity index (χ2v) is 3.79. The van der Waals surface area contributed by atoms with Crippen molar-refractivity contribution in [3.63, 3.8) is 0 Å². The third-order valence-corrected chi connectivity index (χ3v) is 1.85. The van der Waals surface area contributed by atoms with E-state index < -0.39 is 5.38 Å². The van der Waals surface area contributed by atoms with Gasteiger partial charge >= 0.3 is 0 Å². The average molecular weight is 233 g/mol. The maximum Gasteiger partial charge on any atom is 0.240 e. The van der Waals surface area contributed by atoms with E-state index in [0.29, 0.717) is 18.8 Å². The van der Waals surface area contributed by atoms with Crippen LogP contribution < -0.4 is 0 Å². The highest BCUT2D eigenvalue weighted by atomic mass is 35.5. The molecule has 0 aromatic heterocycles. The Bertz CT molecular complexity index is 252. The van der Waals surface area contributed by atoms with Gasteiger partial charge in [0.1, 0.15) is 12.5 Å². The van der Waals surface area contributed by atoms with Gasteiger partial charge in [-0.05, 0) is 13.8 Å². The van der Waals surface area contributed by atoms with Crippen molar-refractivity contribution in [2.45, 2.75) is 19.2 Å². The molecule has 0 aliphatic heterocycles. The Hall–Kier alpha value is -1.03. The summed E-state index contributed by atoms with van der Waals surface area (Å²) in [5.74, 6) is -0.137. The lowest BCUT2D eigenvalue weighted by atomic mass is 10.3. The Morgan fingerprint density at radius 2 is 2.33 bits per heavy atom. The van der Waals surface area contributed by atoms with Crippen LogP contribution in [0, 0.1) is 0 Å². The van der Waals surface area contributed by atoms with Crippen molar-refractivity contribution >= 4 is 23.2 Å². The fourth-order valence-electron chi connectivity index (χ4n) is 1.10. The number of hydrogen-bond donors (Lipinski definition) is 0. The number of halogens is 1. The minimum atomic E-state index is -0.541. The van der Waals surface area contributed by atoms with Gasteiger partial charge in [-0.1, -0.05) is 11.2 Å². The van der Waals surface area contributed by atoms with Gasteiger partial charge in [0, 0.05) is 6.54 Å². The highest BCUT2D eigenvalue weighted by Crippen LogP contribution is 2.02. The molecule has 1 unspecified atom stereocenters. The van der Waals surface area contributed by atoms with Gasteiger partial charge in [0.25, 0.3) is 0 Å². The molecule has 4 nitrogen and oxygen atoms in total. The quantitative estimate of drug-likeness (QED) is 0.303. The standard InChI is InChI=1S/C10H17ClN2O2/c1-5-6-13(10(14)9(3)11)7-8(2)12-15-4/h5,9H,1,6-7H2,2-4H3. The van der Waals surface area contributed by atoms with E-state index in [0.717, 1.165) is 0 Å². The van der Waals surface area contributed by atoms with Crippen LogP contribution in [0.25, 0.3) is 0 Å². The van der Waals surface area contributed by atoms with Gasteiger partial charge in [-0.15, -0.1) is 18.2 Å². The van der Waals surface area contributed by atoms with Crippen LogP contribution in [0.2, 0.25) is 0 Å². The van der Waals surface area contributed by atoms with Crippen molar-refractivity contribution in [3.05, 3.63) is 12.7 Å². The zero-order chi connectivity index (χ0) is 11.8. The van der Waals surface area contributed by atoms with Crippen LogP contribution in [0.4, 0.5) is 0 Å². The summed E-state index contributed by atoms with van der Waals surface area (Å²) in [5, 5.41) is 3.19. The molecule has 0 bridgehead atoms. The van der Waals surface area contributed by atoms with Gasteiger partial charge < -0.3 is 9.74 Å². The minimum Gasteiger partial charge on any atom is -0.399 e. The molecule has 86 valence electrons. The fourth-order valence-corrected chi connectivity index (χ4v) is 1.24. The van der Waals surface area contributed by atoms with E-state index in [9.17, 15) is 4.79 Å². The van der Waals surface area contributed by atoms with Crippen molar-refractivity contribution in [2.75, 3.05) is 20.2 Å². The zero-order valence-corrected chi connectivity index (χ0v) is 10.1. The van der Waals surface area contributed by atoms with Crippen LogP contribution in [0.1, 0.15) is 13.8 Å². The van der Waals surface area contributed by atoms with Crippen LogP contribution in [0.3, 0.4) is 0 Å². The molecule has 0 N–H and O–H groups in total. The Labute approximate surface area is 95.5 Å². The van der Waals surface area contributed by atoms with Crippen molar-refractivity contribution in [1.29, 1.82) is 0 Å². The Balaban J connectivity index is 4.46. The molecule has 0 aliphatic rings. The maximum absolute atomic E-state index is 11.6. The molecule has 0 spiro atoms. The third-order valence-electron chi connectivity index (χ3n) is 1.67. The van der Waals surface area contributed by atoms with Crippen LogP contribution in [0.15, 0.2) is 17.8 Å². The molecule has 0 fully saturated rings. The molecule has 0 aromatic carbocycles. The van der Waals surface area contributed by atoms with E-state index in [1.165, 1.54) is 7.11 Å². The van der Waals surface area contributed by atoms with Gasteiger partial charge in [0.2, 0.25) is 5.91 Å². The van der Waals surface area contributed by atoms with Gasteiger partial charge in [-0.25, -0.2) is 0 Å². The van der Waals surface area contributed by atoms with Crippen molar-refractivity contribution in [3.8, 4) is 0 Å². The lowest BCUT2D eigenvalue weighted by Gasteiger charge is -2.21. The number of carbonyl (C=O) groups is 1. The molecule has 0 radical (unpaired) electrons. The normalized spacial score (nSPS) is 13.2. The minimum absolute atomic E-state index is 0.137. The molecule has 15 heavy (non-hydrogen) atoms. The van der Waals surface area contributed by atoms with Crippen LogP contribution >= 0.6 is 11.6 Å². The van der Waals surface area contributed by atoms with Crippen LogP contribution in [0.5, 0.6) is 0 Å². The monoisotopic (exact) mass is 232 g/mol. The fraction of sp³-hybridized carbons (Fsp3) is 0.600. The molecular formula is C10H17ClN2O2. The largest absolute Gasteiger partial charge is 0.399 e. The van der Waals surface area contributed by atoms with Gasteiger partial charge in [0.05, 0.1) is 12.3 Å². The second kappa shape index (κ2) is 7.29. The first kappa shape index (κ1) is 14.0. The topological polar surface area (TPSA) is 41.9 Å². The number of rotatable bonds is 6. The van der Waals surface area contributed by atoms with E-state index in [1.807, 2.05) is 0 Å². The first-order chi connectivity index (χ1) is 7.02. The van der Waals surface area contributed by atoms with Crippen molar-refractivity contribution in [1.82, 2.24) is 4.90 Å². The first-order valence-electron chi connectivity index (χ1n) is 4.63. The summed E-state index contributed by atoms with van der Waals surface area (Å²) < 4.78 is 0. The van der Waals surface area contributed by atoms with Crippen LogP contribution in [-0.2, 0) is 9.63 Å². The van der Waals surface area contributed by atoms with Crippen molar-refractivity contribution < 1.29 is 9.63 Å². The summed E-state index contributed by atoms with van der Waals surface area (Å²) >= 11 is 5.72. The summed E-state index contributed by atoms with van der Waals surface area (Å²) in [4.78, 5) is 17.8. The molecule has 0 heterocycles.